The van der Waals surface area contributed by atoms with Crippen LogP contribution in [0.15, 0.2) is 109 Å². The van der Waals surface area contributed by atoms with Crippen LogP contribution in [0.2, 0.25) is 0 Å². The van der Waals surface area contributed by atoms with E-state index in [1.165, 1.54) is 11.1 Å². The molecule has 1 aliphatic heterocycles. The van der Waals surface area contributed by atoms with Gasteiger partial charge in [-0.05, 0) is 59.1 Å². The van der Waals surface area contributed by atoms with Crippen molar-refractivity contribution in [3.8, 4) is 0 Å². The van der Waals surface area contributed by atoms with Gasteiger partial charge < -0.3 is 20.0 Å². The summed E-state index contributed by atoms with van der Waals surface area (Å²) in [4.78, 5) is 18.5. The average molecular weight is 535 g/mol. The molecule has 2 atom stereocenters. The minimum atomic E-state index is -0.0237. The number of carbonyl (C=O) groups excluding carboxylic acids is 1. The number of aliphatic hydroxyl groups is 2. The first kappa shape index (κ1) is 27.6. The minimum Gasteiger partial charge on any atom is -0.392 e. The maximum Gasteiger partial charge on any atom is 0.321 e. The van der Waals surface area contributed by atoms with Gasteiger partial charge in [-0.3, -0.25) is 0 Å². The van der Waals surface area contributed by atoms with Crippen LogP contribution in [-0.2, 0) is 39.1 Å². The molecule has 0 aliphatic carbocycles. The predicted octanol–water partition coefficient (Wildman–Crippen LogP) is 6.11. The molecule has 0 unspecified atom stereocenters. The number of hydrogen-bond donors (Lipinski definition) is 2. The number of hydrogen-bond acceptors (Lipinski definition) is 3. The van der Waals surface area contributed by atoms with Gasteiger partial charge in [-0.15, -0.1) is 0 Å². The van der Waals surface area contributed by atoms with Crippen molar-refractivity contribution in [1.29, 1.82) is 0 Å². The van der Waals surface area contributed by atoms with Crippen molar-refractivity contribution < 1.29 is 15.0 Å². The van der Waals surface area contributed by atoms with E-state index in [0.717, 1.165) is 47.9 Å². The van der Waals surface area contributed by atoms with Crippen LogP contribution < -0.4 is 0 Å². The Morgan fingerprint density at radius 2 is 1.05 bits per heavy atom. The van der Waals surface area contributed by atoms with Crippen molar-refractivity contribution >= 4 is 6.03 Å². The highest BCUT2D eigenvalue weighted by molar-refractivity contribution is 5.76. The molecule has 0 saturated carbocycles. The predicted molar refractivity (Wildman–Crippen MR) is 158 cm³/mol. The third-order valence-corrected chi connectivity index (χ3v) is 7.89. The summed E-state index contributed by atoms with van der Waals surface area (Å²) < 4.78 is 0. The van der Waals surface area contributed by atoms with Gasteiger partial charge >= 0.3 is 6.03 Å². The van der Waals surface area contributed by atoms with Crippen molar-refractivity contribution in [3.05, 3.63) is 143 Å². The fraction of sp³-hybridized carbons (Fsp3) is 0.286. The zero-order valence-electron chi connectivity index (χ0n) is 22.9. The lowest BCUT2D eigenvalue weighted by atomic mass is 9.90. The zero-order chi connectivity index (χ0) is 27.7. The molecule has 5 nitrogen and oxygen atoms in total. The molecule has 4 aromatic carbocycles. The highest BCUT2D eigenvalue weighted by Gasteiger charge is 2.39. The average Bonchev–Trinajstić information content (AvgIpc) is 3.00. The second-order valence-electron chi connectivity index (χ2n) is 10.8. The summed E-state index contributed by atoms with van der Waals surface area (Å²) in [6, 6.07) is 36.8. The summed E-state index contributed by atoms with van der Waals surface area (Å²) in [6.45, 7) is 0.940. The second-order valence-corrected chi connectivity index (χ2v) is 10.8. The topological polar surface area (TPSA) is 64.0 Å². The van der Waals surface area contributed by atoms with E-state index >= 15 is 0 Å². The van der Waals surface area contributed by atoms with Gasteiger partial charge in [-0.1, -0.05) is 109 Å². The first-order valence-corrected chi connectivity index (χ1v) is 14.2. The summed E-state index contributed by atoms with van der Waals surface area (Å²) in [5.41, 5.74) is 6.24. The standard InChI is InChI=1S/C35H38N2O3/c38-25-31-15-7-13-29(19-31)23-36-33(18-17-27-9-3-1-4-10-27)22-34(21-28-11-5-2-6-12-28)37(35(36)40)24-30-14-8-16-32(20-30)26-39/h1-16,19-20,33-34,38-39H,17-18,21-26H2/t33-,34-/m1/s1. The lowest BCUT2D eigenvalue weighted by molar-refractivity contribution is 0.0557. The molecule has 1 heterocycles. The Morgan fingerprint density at radius 1 is 0.575 bits per heavy atom. The van der Waals surface area contributed by atoms with E-state index in [-0.39, 0.29) is 31.3 Å². The van der Waals surface area contributed by atoms with E-state index in [1.807, 2.05) is 70.5 Å². The largest absolute Gasteiger partial charge is 0.392 e. The van der Waals surface area contributed by atoms with E-state index < -0.39 is 0 Å². The van der Waals surface area contributed by atoms with Crippen LogP contribution in [0.5, 0.6) is 0 Å². The Balaban J connectivity index is 1.47. The molecule has 0 radical (unpaired) electrons. The molecule has 1 saturated heterocycles. The van der Waals surface area contributed by atoms with Crippen LogP contribution in [-0.4, -0.2) is 38.1 Å². The number of aliphatic hydroxyl groups excluding tert-OH is 2. The molecule has 5 rings (SSSR count). The molecule has 2 amide bonds. The summed E-state index contributed by atoms with van der Waals surface area (Å²) in [6.07, 6.45) is 3.45. The highest BCUT2D eigenvalue weighted by Crippen LogP contribution is 2.31. The van der Waals surface area contributed by atoms with Gasteiger partial charge in [0.25, 0.3) is 0 Å². The van der Waals surface area contributed by atoms with Gasteiger partial charge in [0.1, 0.15) is 0 Å². The molecule has 2 N–H and O–H groups in total. The van der Waals surface area contributed by atoms with Crippen LogP contribution >= 0.6 is 0 Å². The molecule has 0 spiro atoms. The summed E-state index contributed by atoms with van der Waals surface area (Å²) in [5, 5.41) is 19.4. The van der Waals surface area contributed by atoms with Crippen LogP contribution in [0.25, 0.3) is 0 Å². The Kier molecular flexibility index (Phi) is 9.27. The molecule has 5 heteroatoms. The van der Waals surface area contributed by atoms with Crippen molar-refractivity contribution in [1.82, 2.24) is 9.80 Å². The molecule has 1 fully saturated rings. The summed E-state index contributed by atoms with van der Waals surface area (Å²) >= 11 is 0. The fourth-order valence-electron chi connectivity index (χ4n) is 5.82. The number of carbonyl (C=O) groups is 1. The Labute approximate surface area is 237 Å². The number of urea groups is 1. The van der Waals surface area contributed by atoms with E-state index in [0.29, 0.717) is 13.1 Å². The van der Waals surface area contributed by atoms with E-state index in [4.69, 9.17) is 0 Å². The molecule has 206 valence electrons. The summed E-state index contributed by atoms with van der Waals surface area (Å²) in [5.74, 6) is 0. The molecule has 0 aromatic heterocycles. The maximum atomic E-state index is 14.4. The van der Waals surface area contributed by atoms with Gasteiger partial charge in [-0.2, -0.15) is 0 Å². The first-order chi connectivity index (χ1) is 19.6. The van der Waals surface area contributed by atoms with Crippen LogP contribution in [0.1, 0.15) is 46.2 Å². The van der Waals surface area contributed by atoms with Crippen LogP contribution in [0.3, 0.4) is 0 Å². The molecular weight excluding hydrogens is 496 g/mol. The molecule has 0 bridgehead atoms. The van der Waals surface area contributed by atoms with Gasteiger partial charge in [0.05, 0.1) is 13.2 Å². The third kappa shape index (κ3) is 6.98. The lowest BCUT2D eigenvalue weighted by Crippen LogP contribution is -2.58. The Hall–Kier alpha value is -3.93. The molecule has 1 aliphatic rings. The monoisotopic (exact) mass is 534 g/mol. The van der Waals surface area contributed by atoms with Crippen molar-refractivity contribution in [2.45, 2.75) is 64.1 Å². The van der Waals surface area contributed by atoms with E-state index in [2.05, 4.69) is 48.5 Å². The van der Waals surface area contributed by atoms with E-state index in [1.54, 1.807) is 0 Å². The summed E-state index contributed by atoms with van der Waals surface area (Å²) in [7, 11) is 0. The fourth-order valence-corrected chi connectivity index (χ4v) is 5.82. The zero-order valence-corrected chi connectivity index (χ0v) is 22.9. The Morgan fingerprint density at radius 3 is 1.60 bits per heavy atom. The van der Waals surface area contributed by atoms with Gasteiger partial charge in [0.15, 0.2) is 0 Å². The number of nitrogens with zero attached hydrogens (tertiary/aromatic N) is 2. The van der Waals surface area contributed by atoms with Crippen LogP contribution in [0.4, 0.5) is 4.79 Å². The van der Waals surface area contributed by atoms with Gasteiger partial charge in [-0.25, -0.2) is 4.79 Å². The highest BCUT2D eigenvalue weighted by atomic mass is 16.3. The second kappa shape index (κ2) is 13.4. The lowest BCUT2D eigenvalue weighted by Gasteiger charge is -2.47. The number of rotatable bonds is 11. The van der Waals surface area contributed by atoms with Crippen LogP contribution in [0, 0.1) is 0 Å². The number of amides is 2. The smallest absolute Gasteiger partial charge is 0.321 e. The molecule has 4 aromatic rings. The SMILES string of the molecule is O=C1N(Cc2cccc(CO)c2)[C@H](CCc2ccccc2)C[C@@H](Cc2ccccc2)N1Cc1cccc(CO)c1. The van der Waals surface area contributed by atoms with E-state index in [9.17, 15) is 15.0 Å². The third-order valence-electron chi connectivity index (χ3n) is 7.89. The Bertz CT molecular complexity index is 1380. The normalized spacial score (nSPS) is 17.3. The number of aryl methyl sites for hydroxylation is 1. The maximum absolute atomic E-state index is 14.4. The minimum absolute atomic E-state index is 0.0221. The van der Waals surface area contributed by atoms with Gasteiger partial charge in [0.2, 0.25) is 0 Å². The first-order valence-electron chi connectivity index (χ1n) is 14.2. The molecule has 40 heavy (non-hydrogen) atoms. The quantitative estimate of drug-likeness (QED) is 0.244. The van der Waals surface area contributed by atoms with Gasteiger partial charge in [0, 0.05) is 25.2 Å². The number of benzene rings is 4. The van der Waals surface area contributed by atoms with Crippen molar-refractivity contribution in [3.63, 3.8) is 0 Å². The van der Waals surface area contributed by atoms with Crippen molar-refractivity contribution in [2.24, 2.45) is 0 Å². The molecular formula is C35H38N2O3. The van der Waals surface area contributed by atoms with Crippen molar-refractivity contribution in [2.75, 3.05) is 0 Å².